The number of aryl methyl sites for hydroxylation is 2. The molecule has 2 N–H and O–H groups in total. The molecule has 2 aromatic rings. The fourth-order valence-corrected chi connectivity index (χ4v) is 1.65. The van der Waals surface area contributed by atoms with E-state index in [9.17, 15) is 4.79 Å². The molecule has 0 aliphatic heterocycles. The van der Waals surface area contributed by atoms with Crippen molar-refractivity contribution < 1.29 is 9.32 Å². The van der Waals surface area contributed by atoms with Gasteiger partial charge in [0, 0.05) is 25.5 Å². The molecule has 0 aromatic carbocycles. The van der Waals surface area contributed by atoms with E-state index in [1.54, 1.807) is 32.4 Å². The Labute approximate surface area is 110 Å². The van der Waals surface area contributed by atoms with E-state index in [2.05, 4.69) is 25.8 Å². The Balaban J connectivity index is 1.79. The summed E-state index contributed by atoms with van der Waals surface area (Å²) in [6.07, 6.45) is 4.82. The number of anilines is 1. The molecule has 2 rings (SSSR count). The molecular formula is C12H15N5O2. The zero-order valence-electron chi connectivity index (χ0n) is 10.8. The third kappa shape index (κ3) is 3.27. The summed E-state index contributed by atoms with van der Waals surface area (Å²) in [4.78, 5) is 19.9. The highest BCUT2D eigenvalue weighted by Gasteiger charge is 2.16. The lowest BCUT2D eigenvalue weighted by Gasteiger charge is -2.06. The van der Waals surface area contributed by atoms with Crippen LogP contribution in [0.3, 0.4) is 0 Å². The van der Waals surface area contributed by atoms with Gasteiger partial charge in [0.15, 0.2) is 0 Å². The van der Waals surface area contributed by atoms with E-state index in [4.69, 9.17) is 4.52 Å². The lowest BCUT2D eigenvalue weighted by atomic mass is 10.2. The molecule has 7 heteroatoms. The van der Waals surface area contributed by atoms with Crippen LogP contribution >= 0.6 is 0 Å². The van der Waals surface area contributed by atoms with Gasteiger partial charge < -0.3 is 15.2 Å². The number of aromatic nitrogens is 3. The second-order valence-electron chi connectivity index (χ2n) is 3.97. The van der Waals surface area contributed by atoms with Gasteiger partial charge in [-0.1, -0.05) is 5.16 Å². The predicted octanol–water partition coefficient (Wildman–Crippen LogP) is 0.923. The maximum absolute atomic E-state index is 11.9. The molecule has 7 nitrogen and oxygen atoms in total. The van der Waals surface area contributed by atoms with Crippen LogP contribution in [0, 0.1) is 13.8 Å². The minimum atomic E-state index is -0.183. The van der Waals surface area contributed by atoms with Gasteiger partial charge in [-0.05, 0) is 13.8 Å². The summed E-state index contributed by atoms with van der Waals surface area (Å²) >= 11 is 0. The molecule has 0 bridgehead atoms. The molecule has 100 valence electrons. The first-order valence-electron chi connectivity index (χ1n) is 5.89. The zero-order chi connectivity index (χ0) is 13.7. The van der Waals surface area contributed by atoms with Crippen LogP contribution in [-0.4, -0.2) is 34.1 Å². The number of hydrogen-bond donors (Lipinski definition) is 2. The number of carbonyl (C=O) groups excluding carboxylic acids is 1. The number of nitrogens with zero attached hydrogens (tertiary/aromatic N) is 3. The van der Waals surface area contributed by atoms with Crippen LogP contribution in [0.1, 0.15) is 21.8 Å². The van der Waals surface area contributed by atoms with Crippen molar-refractivity contribution in [3.8, 4) is 0 Å². The van der Waals surface area contributed by atoms with Crippen molar-refractivity contribution in [1.29, 1.82) is 0 Å². The number of rotatable bonds is 5. The van der Waals surface area contributed by atoms with Gasteiger partial charge in [-0.2, -0.15) is 0 Å². The first kappa shape index (κ1) is 13.0. The van der Waals surface area contributed by atoms with Gasteiger partial charge in [-0.25, -0.2) is 4.98 Å². The maximum Gasteiger partial charge on any atom is 0.256 e. The summed E-state index contributed by atoms with van der Waals surface area (Å²) in [5.74, 6) is 1.02. The third-order valence-corrected chi connectivity index (χ3v) is 2.54. The largest absolute Gasteiger partial charge is 0.367 e. The Hall–Kier alpha value is -2.44. The van der Waals surface area contributed by atoms with Crippen molar-refractivity contribution >= 4 is 11.7 Å². The molecule has 0 atom stereocenters. The van der Waals surface area contributed by atoms with E-state index >= 15 is 0 Å². The maximum atomic E-state index is 11.9. The first-order valence-corrected chi connectivity index (χ1v) is 5.89. The van der Waals surface area contributed by atoms with Crippen molar-refractivity contribution in [2.75, 3.05) is 18.4 Å². The van der Waals surface area contributed by atoms with Crippen LogP contribution < -0.4 is 10.6 Å². The minimum Gasteiger partial charge on any atom is -0.367 e. The average molecular weight is 261 g/mol. The van der Waals surface area contributed by atoms with Crippen molar-refractivity contribution in [3.05, 3.63) is 35.6 Å². The van der Waals surface area contributed by atoms with Gasteiger partial charge in [0.2, 0.25) is 0 Å². The average Bonchev–Trinajstić information content (AvgIpc) is 2.75. The van der Waals surface area contributed by atoms with E-state index in [1.807, 2.05) is 0 Å². The highest BCUT2D eigenvalue weighted by Crippen LogP contribution is 2.11. The summed E-state index contributed by atoms with van der Waals surface area (Å²) in [6, 6.07) is 0. The van der Waals surface area contributed by atoms with Gasteiger partial charge in [0.05, 0.1) is 11.9 Å². The van der Waals surface area contributed by atoms with Gasteiger partial charge in [0.25, 0.3) is 5.91 Å². The van der Waals surface area contributed by atoms with Crippen LogP contribution in [0.15, 0.2) is 23.1 Å². The topological polar surface area (TPSA) is 92.9 Å². The Bertz CT molecular complexity index is 533. The molecule has 0 radical (unpaired) electrons. The quantitative estimate of drug-likeness (QED) is 0.777. The highest BCUT2D eigenvalue weighted by molar-refractivity contribution is 5.96. The van der Waals surface area contributed by atoms with Crippen molar-refractivity contribution in [2.45, 2.75) is 13.8 Å². The van der Waals surface area contributed by atoms with Crippen LogP contribution in [0.2, 0.25) is 0 Å². The van der Waals surface area contributed by atoms with Gasteiger partial charge >= 0.3 is 0 Å². The second-order valence-corrected chi connectivity index (χ2v) is 3.97. The molecule has 0 saturated heterocycles. The van der Waals surface area contributed by atoms with Crippen molar-refractivity contribution in [3.63, 3.8) is 0 Å². The molecule has 0 spiro atoms. The van der Waals surface area contributed by atoms with Crippen molar-refractivity contribution in [2.24, 2.45) is 0 Å². The van der Waals surface area contributed by atoms with E-state index < -0.39 is 0 Å². The van der Waals surface area contributed by atoms with Crippen LogP contribution in [-0.2, 0) is 0 Å². The summed E-state index contributed by atoms with van der Waals surface area (Å²) in [6.45, 7) is 4.49. The van der Waals surface area contributed by atoms with E-state index in [0.717, 1.165) is 0 Å². The molecule has 2 aromatic heterocycles. The molecule has 19 heavy (non-hydrogen) atoms. The first-order chi connectivity index (χ1) is 9.18. The number of carbonyl (C=O) groups is 1. The molecule has 0 aliphatic carbocycles. The molecule has 1 amide bonds. The summed E-state index contributed by atoms with van der Waals surface area (Å²) < 4.78 is 4.95. The standard InChI is InChI=1S/C12H15N5O2/c1-8-11(9(2)19-17-8)12(18)16-6-5-15-10-7-13-3-4-14-10/h3-4,7H,5-6H2,1-2H3,(H,14,15)(H,16,18). The summed E-state index contributed by atoms with van der Waals surface area (Å²) in [5, 5.41) is 9.58. The Morgan fingerprint density at radius 3 is 2.79 bits per heavy atom. The van der Waals surface area contributed by atoms with Crippen molar-refractivity contribution in [1.82, 2.24) is 20.4 Å². The summed E-state index contributed by atoms with van der Waals surface area (Å²) in [7, 11) is 0. The summed E-state index contributed by atoms with van der Waals surface area (Å²) in [5.41, 5.74) is 1.09. The number of hydrogen-bond acceptors (Lipinski definition) is 6. The smallest absolute Gasteiger partial charge is 0.256 e. The monoisotopic (exact) mass is 261 g/mol. The fourth-order valence-electron chi connectivity index (χ4n) is 1.65. The van der Waals surface area contributed by atoms with Crippen LogP contribution in [0.4, 0.5) is 5.82 Å². The van der Waals surface area contributed by atoms with E-state index in [1.165, 1.54) is 0 Å². The van der Waals surface area contributed by atoms with Gasteiger partial charge in [-0.15, -0.1) is 0 Å². The van der Waals surface area contributed by atoms with Crippen LogP contribution in [0.25, 0.3) is 0 Å². The molecule has 0 saturated carbocycles. The second kappa shape index (κ2) is 5.94. The number of amides is 1. The minimum absolute atomic E-state index is 0.183. The number of nitrogens with one attached hydrogen (secondary N) is 2. The molecule has 0 aliphatic rings. The molecular weight excluding hydrogens is 246 g/mol. The fraction of sp³-hybridized carbons (Fsp3) is 0.333. The lowest BCUT2D eigenvalue weighted by Crippen LogP contribution is -2.29. The van der Waals surface area contributed by atoms with Gasteiger partial charge in [-0.3, -0.25) is 9.78 Å². The van der Waals surface area contributed by atoms with E-state index in [-0.39, 0.29) is 5.91 Å². The Morgan fingerprint density at radius 1 is 1.32 bits per heavy atom. The molecule has 0 unspecified atom stereocenters. The molecule has 0 fully saturated rings. The lowest BCUT2D eigenvalue weighted by molar-refractivity contribution is 0.0953. The van der Waals surface area contributed by atoms with Gasteiger partial charge in [0.1, 0.15) is 17.1 Å². The van der Waals surface area contributed by atoms with E-state index in [0.29, 0.717) is 35.9 Å². The Kier molecular flexibility index (Phi) is 4.07. The van der Waals surface area contributed by atoms with Crippen LogP contribution in [0.5, 0.6) is 0 Å². The predicted molar refractivity (Wildman–Crippen MR) is 68.8 cm³/mol. The SMILES string of the molecule is Cc1noc(C)c1C(=O)NCCNc1cnccn1. The zero-order valence-corrected chi connectivity index (χ0v) is 10.8. The Morgan fingerprint density at radius 2 is 2.16 bits per heavy atom. The normalized spacial score (nSPS) is 10.2. The third-order valence-electron chi connectivity index (χ3n) is 2.54. The highest BCUT2D eigenvalue weighted by atomic mass is 16.5. The molecule has 2 heterocycles.